The van der Waals surface area contributed by atoms with E-state index in [1.54, 1.807) is 6.20 Å². The molecule has 24 heavy (non-hydrogen) atoms. The number of imidazole rings is 1. The molecule has 0 bridgehead atoms. The Kier molecular flexibility index (Phi) is 3.96. The van der Waals surface area contributed by atoms with Crippen molar-refractivity contribution < 1.29 is 4.79 Å². The highest BCUT2D eigenvalue weighted by atomic mass is 16.2. The maximum Gasteiger partial charge on any atom is 0.255 e. The van der Waals surface area contributed by atoms with E-state index in [0.29, 0.717) is 17.6 Å². The molecule has 6 heteroatoms. The van der Waals surface area contributed by atoms with E-state index in [9.17, 15) is 4.79 Å². The predicted octanol–water partition coefficient (Wildman–Crippen LogP) is 2.64. The molecule has 4 rings (SSSR count). The molecule has 2 aliphatic rings. The fourth-order valence-corrected chi connectivity index (χ4v) is 3.36. The number of hydrogen-bond acceptors (Lipinski definition) is 4. The molecule has 1 amide bonds. The number of rotatable bonds is 4. The number of aryl methyl sites for hydroxylation is 1. The lowest BCUT2D eigenvalue weighted by molar-refractivity contribution is 0.0678. The molecular weight excluding hydrogens is 302 g/mol. The average molecular weight is 325 g/mol. The number of likely N-dealkylation sites (tertiary alicyclic amines) is 1. The number of carbonyl (C=O) groups is 1. The van der Waals surface area contributed by atoms with Gasteiger partial charge in [-0.25, -0.2) is 9.97 Å². The summed E-state index contributed by atoms with van der Waals surface area (Å²) < 4.78 is 2.18. The molecule has 0 aromatic carbocycles. The van der Waals surface area contributed by atoms with Gasteiger partial charge in [0.05, 0.1) is 11.6 Å². The second-order valence-corrected chi connectivity index (χ2v) is 6.78. The Balaban J connectivity index is 1.44. The van der Waals surface area contributed by atoms with Crippen LogP contribution in [0, 0.1) is 6.92 Å². The number of nitrogens with one attached hydrogen (secondary N) is 1. The van der Waals surface area contributed by atoms with Crippen molar-refractivity contribution in [2.24, 2.45) is 0 Å². The Morgan fingerprint density at radius 3 is 2.79 bits per heavy atom. The molecule has 1 atom stereocenters. The minimum atomic E-state index is 0.0722. The van der Waals surface area contributed by atoms with Crippen LogP contribution in [-0.4, -0.2) is 44.5 Å². The quantitative estimate of drug-likeness (QED) is 0.938. The third kappa shape index (κ3) is 3.13. The Morgan fingerprint density at radius 2 is 2.12 bits per heavy atom. The van der Waals surface area contributed by atoms with E-state index in [2.05, 4.69) is 19.9 Å². The smallest absolute Gasteiger partial charge is 0.255 e. The summed E-state index contributed by atoms with van der Waals surface area (Å²) in [7, 11) is 0. The standard InChI is InChI=1S/C18H23N5O/c1-13-19-8-10-23(13)16-3-2-9-22(12-16)18(24)14-4-7-17(20-11-14)21-15-5-6-15/h4,7-8,10-11,15-16H,2-3,5-6,9,12H2,1H3,(H,20,21)/t16-/m0/s1. The molecule has 3 heterocycles. The van der Waals surface area contributed by atoms with Crippen molar-refractivity contribution in [3.05, 3.63) is 42.1 Å². The van der Waals surface area contributed by atoms with Crippen molar-refractivity contribution in [2.45, 2.75) is 44.7 Å². The Bertz CT molecular complexity index is 719. The fourth-order valence-electron chi connectivity index (χ4n) is 3.36. The Morgan fingerprint density at radius 1 is 1.25 bits per heavy atom. The van der Waals surface area contributed by atoms with Crippen molar-refractivity contribution in [2.75, 3.05) is 18.4 Å². The first kappa shape index (κ1) is 15.2. The highest BCUT2D eigenvalue weighted by Gasteiger charge is 2.26. The monoisotopic (exact) mass is 325 g/mol. The molecule has 2 fully saturated rings. The highest BCUT2D eigenvalue weighted by Crippen LogP contribution is 2.25. The summed E-state index contributed by atoms with van der Waals surface area (Å²) in [6.45, 7) is 3.56. The predicted molar refractivity (Wildman–Crippen MR) is 92.0 cm³/mol. The summed E-state index contributed by atoms with van der Waals surface area (Å²) in [6, 6.07) is 4.67. The van der Waals surface area contributed by atoms with Crippen LogP contribution in [0.1, 0.15) is 47.9 Å². The molecule has 2 aromatic rings. The van der Waals surface area contributed by atoms with Crippen LogP contribution in [0.4, 0.5) is 5.82 Å². The summed E-state index contributed by atoms with van der Waals surface area (Å²) in [6.07, 6.45) is 10.1. The van der Waals surface area contributed by atoms with Crippen molar-refractivity contribution in [1.82, 2.24) is 19.4 Å². The van der Waals surface area contributed by atoms with Crippen molar-refractivity contribution in [3.63, 3.8) is 0 Å². The lowest BCUT2D eigenvalue weighted by Crippen LogP contribution is -2.40. The minimum absolute atomic E-state index is 0.0722. The minimum Gasteiger partial charge on any atom is -0.367 e. The molecule has 6 nitrogen and oxygen atoms in total. The molecule has 126 valence electrons. The number of carbonyl (C=O) groups excluding carboxylic acids is 1. The average Bonchev–Trinajstić information content (AvgIpc) is 3.33. The van der Waals surface area contributed by atoms with Crippen LogP contribution < -0.4 is 5.32 Å². The lowest BCUT2D eigenvalue weighted by atomic mass is 10.0. The first-order chi connectivity index (χ1) is 11.7. The van der Waals surface area contributed by atoms with Gasteiger partial charge in [0.1, 0.15) is 11.6 Å². The van der Waals surface area contributed by atoms with E-state index in [0.717, 1.165) is 37.6 Å². The van der Waals surface area contributed by atoms with E-state index in [1.165, 1.54) is 12.8 Å². The molecule has 2 aromatic heterocycles. The van der Waals surface area contributed by atoms with Gasteiger partial charge < -0.3 is 14.8 Å². The van der Waals surface area contributed by atoms with Gasteiger partial charge in [-0.3, -0.25) is 4.79 Å². The maximum absolute atomic E-state index is 12.8. The normalized spacial score (nSPS) is 20.9. The van der Waals surface area contributed by atoms with Crippen LogP contribution in [0.5, 0.6) is 0 Å². The van der Waals surface area contributed by atoms with Gasteiger partial charge in [0.15, 0.2) is 0 Å². The van der Waals surface area contributed by atoms with Crippen LogP contribution in [0.15, 0.2) is 30.7 Å². The lowest BCUT2D eigenvalue weighted by Gasteiger charge is -2.34. The number of nitrogens with zero attached hydrogens (tertiary/aromatic N) is 4. The van der Waals surface area contributed by atoms with Gasteiger partial charge in [0.25, 0.3) is 5.91 Å². The van der Waals surface area contributed by atoms with E-state index in [4.69, 9.17) is 0 Å². The second-order valence-electron chi connectivity index (χ2n) is 6.78. The Hall–Kier alpha value is -2.37. The van der Waals surface area contributed by atoms with Crippen LogP contribution in [0.25, 0.3) is 0 Å². The molecule has 1 aliphatic carbocycles. The third-order valence-corrected chi connectivity index (χ3v) is 4.88. The maximum atomic E-state index is 12.8. The molecule has 0 radical (unpaired) electrons. The van der Waals surface area contributed by atoms with E-state index in [-0.39, 0.29) is 5.91 Å². The third-order valence-electron chi connectivity index (χ3n) is 4.88. The number of amides is 1. The van der Waals surface area contributed by atoms with Crippen LogP contribution >= 0.6 is 0 Å². The zero-order chi connectivity index (χ0) is 16.5. The molecule has 1 aliphatic heterocycles. The van der Waals surface area contributed by atoms with Crippen molar-refractivity contribution in [1.29, 1.82) is 0 Å². The van der Waals surface area contributed by atoms with Crippen molar-refractivity contribution in [3.8, 4) is 0 Å². The highest BCUT2D eigenvalue weighted by molar-refractivity contribution is 5.94. The largest absolute Gasteiger partial charge is 0.367 e. The number of aromatic nitrogens is 3. The van der Waals surface area contributed by atoms with Gasteiger partial charge in [-0.05, 0) is 44.7 Å². The summed E-state index contributed by atoms with van der Waals surface area (Å²) in [5.74, 6) is 1.94. The SMILES string of the molecule is Cc1nccn1[C@H]1CCCN(C(=O)c2ccc(NC3CC3)nc2)C1. The van der Waals surface area contributed by atoms with E-state index < -0.39 is 0 Å². The molecular formula is C18H23N5O. The van der Waals surface area contributed by atoms with E-state index >= 15 is 0 Å². The number of anilines is 1. The topological polar surface area (TPSA) is 63.1 Å². The van der Waals surface area contributed by atoms with Crippen LogP contribution in [0.3, 0.4) is 0 Å². The number of pyridine rings is 1. The molecule has 1 N–H and O–H groups in total. The summed E-state index contributed by atoms with van der Waals surface area (Å²) >= 11 is 0. The zero-order valence-electron chi connectivity index (χ0n) is 14.0. The van der Waals surface area contributed by atoms with E-state index in [1.807, 2.05) is 36.4 Å². The number of hydrogen-bond donors (Lipinski definition) is 1. The second kappa shape index (κ2) is 6.26. The zero-order valence-corrected chi connectivity index (χ0v) is 14.0. The summed E-state index contributed by atoms with van der Waals surface area (Å²) in [5, 5.41) is 3.35. The molecule has 1 saturated carbocycles. The van der Waals surface area contributed by atoms with Gasteiger partial charge in [-0.1, -0.05) is 0 Å². The molecule has 0 spiro atoms. The van der Waals surface area contributed by atoms with Gasteiger partial charge in [0.2, 0.25) is 0 Å². The first-order valence-electron chi connectivity index (χ1n) is 8.72. The first-order valence-corrected chi connectivity index (χ1v) is 8.72. The van der Waals surface area contributed by atoms with Gasteiger partial charge in [-0.2, -0.15) is 0 Å². The molecule has 1 saturated heterocycles. The van der Waals surface area contributed by atoms with Crippen molar-refractivity contribution >= 4 is 11.7 Å². The molecule has 0 unspecified atom stereocenters. The van der Waals surface area contributed by atoms with Gasteiger partial charge in [-0.15, -0.1) is 0 Å². The van der Waals surface area contributed by atoms with Gasteiger partial charge in [0, 0.05) is 37.7 Å². The summed E-state index contributed by atoms with van der Waals surface area (Å²) in [4.78, 5) is 23.4. The number of piperidine rings is 1. The van der Waals surface area contributed by atoms with Gasteiger partial charge >= 0.3 is 0 Å². The fraction of sp³-hybridized carbons (Fsp3) is 0.500. The Labute approximate surface area is 141 Å². The summed E-state index contributed by atoms with van der Waals surface area (Å²) in [5.41, 5.74) is 0.666. The van der Waals surface area contributed by atoms with Crippen LogP contribution in [-0.2, 0) is 0 Å². The van der Waals surface area contributed by atoms with Crippen LogP contribution in [0.2, 0.25) is 0 Å².